The predicted molar refractivity (Wildman–Crippen MR) is 182 cm³/mol. The number of terminal acetylenes is 1. The van der Waals surface area contributed by atoms with Gasteiger partial charge in [0.15, 0.2) is 11.2 Å². The van der Waals surface area contributed by atoms with Crippen LogP contribution >= 0.6 is 12.6 Å². The summed E-state index contributed by atoms with van der Waals surface area (Å²) in [6.45, 7) is 2.85. The summed E-state index contributed by atoms with van der Waals surface area (Å²) in [4.78, 5) is 32.8. The number of hydrogen-bond donors (Lipinski definition) is 2. The lowest BCUT2D eigenvalue weighted by molar-refractivity contribution is -0.159. The molecule has 0 radical (unpaired) electrons. The van der Waals surface area contributed by atoms with Gasteiger partial charge >= 0.3 is 11.9 Å². The van der Waals surface area contributed by atoms with Crippen LogP contribution in [0.15, 0.2) is 0 Å². The van der Waals surface area contributed by atoms with E-state index in [1.807, 2.05) is 0 Å². The van der Waals surface area contributed by atoms with Crippen LogP contribution in [-0.2, 0) is 23.9 Å². The van der Waals surface area contributed by atoms with Crippen LogP contribution in [0.25, 0.3) is 0 Å². The van der Waals surface area contributed by atoms with Crippen LogP contribution < -0.4 is 0 Å². The molecule has 0 heterocycles. The standard InChI is InChI=1S/C30H30O5.C2H4OS.13H2/c1-3-5-7-9-11-13-14-15-17-18-20-22-24-29(32)34-27-28(26-31)35-30(33)25-23-21-19-16-12-10-8-6-4-2;1-2(3)4;;;;;;;;;;;;;/h1,28,31H,4,6,8,10,12,16,19,21,23,25-27H2,2H3;1H3,(H,3,4);13*1H/t28-;;;;;;;;;;;;;;/m0............../s1. The largest absolute Gasteiger partial charge is 0.456 e. The fourth-order valence-corrected chi connectivity index (χ4v) is 2.55. The molecule has 7 heteroatoms. The first-order valence-electron chi connectivity index (χ1n) is 12.5. The molecular weight excluding hydrogens is 512 g/mol. The molecule has 230 valence electrons. The van der Waals surface area contributed by atoms with Crippen molar-refractivity contribution in [3.8, 4) is 83.4 Å². The van der Waals surface area contributed by atoms with Crippen LogP contribution in [0.5, 0.6) is 0 Å². The Morgan fingerprint density at radius 1 is 0.795 bits per heavy atom. The normalized spacial score (nSPS) is 8.69. The highest BCUT2D eigenvalue weighted by Gasteiger charge is 2.15. The van der Waals surface area contributed by atoms with Gasteiger partial charge in [-0.1, -0.05) is 58.3 Å². The van der Waals surface area contributed by atoms with Crippen LogP contribution in [0.3, 0.4) is 0 Å². The molecular formula is C32H60O6S. The number of ether oxygens (including phenoxy) is 2. The molecule has 6 nitrogen and oxygen atoms in total. The maximum absolute atomic E-state index is 11.9. The van der Waals surface area contributed by atoms with E-state index in [0.717, 1.165) is 19.3 Å². The first-order valence-corrected chi connectivity index (χ1v) is 12.9. The summed E-state index contributed by atoms with van der Waals surface area (Å²) >= 11 is 3.33. The summed E-state index contributed by atoms with van der Waals surface area (Å²) in [6.07, 6.45) is 14.6. The van der Waals surface area contributed by atoms with Crippen molar-refractivity contribution in [1.82, 2.24) is 0 Å². The fourth-order valence-electron chi connectivity index (χ4n) is 2.55. The SMILES string of the molecule is C#CC#CC#CC#CC#CC#CC#CC(=O)OC[C@H](CO)OC(=O)CCCCCCCCCCC.CC(=O)S.[HH].[HH].[HH].[HH].[HH].[HH].[HH].[HH].[HH].[HH].[HH].[HH].[HH]. The molecule has 0 aromatic carbocycles. The monoisotopic (exact) mass is 572 g/mol. The van der Waals surface area contributed by atoms with Crippen molar-refractivity contribution in [2.24, 2.45) is 0 Å². The van der Waals surface area contributed by atoms with E-state index in [2.05, 4.69) is 96.5 Å². The van der Waals surface area contributed by atoms with Gasteiger partial charge in [0.2, 0.25) is 0 Å². The van der Waals surface area contributed by atoms with Crippen molar-refractivity contribution >= 4 is 29.7 Å². The summed E-state index contributed by atoms with van der Waals surface area (Å²) in [5.74, 6) is 29.3. The van der Waals surface area contributed by atoms with Gasteiger partial charge in [0, 0.05) is 37.8 Å². The first kappa shape index (κ1) is 37.0. The van der Waals surface area contributed by atoms with Gasteiger partial charge in [-0.2, -0.15) is 0 Å². The number of carbonyl (C=O) groups excluding carboxylic acids is 3. The molecule has 39 heavy (non-hydrogen) atoms. The predicted octanol–water partition coefficient (Wildman–Crippen LogP) is 6.67. The second-order valence-electron chi connectivity index (χ2n) is 7.63. The van der Waals surface area contributed by atoms with Gasteiger partial charge in [-0.3, -0.25) is 9.59 Å². The van der Waals surface area contributed by atoms with Gasteiger partial charge in [-0.05, 0) is 77.5 Å². The molecule has 0 saturated heterocycles. The lowest BCUT2D eigenvalue weighted by Crippen LogP contribution is -2.28. The number of carbonyl (C=O) groups is 3. The average Bonchev–Trinajstić information content (AvgIpc) is 2.90. The highest BCUT2D eigenvalue weighted by Crippen LogP contribution is 2.11. The smallest absolute Gasteiger partial charge is 0.385 e. The molecule has 0 unspecified atom stereocenters. The van der Waals surface area contributed by atoms with E-state index in [1.165, 1.54) is 45.4 Å². The molecule has 0 aromatic rings. The van der Waals surface area contributed by atoms with E-state index in [0.29, 0.717) is 0 Å². The fraction of sp³-hybridized carbons (Fsp3) is 0.469. The van der Waals surface area contributed by atoms with Gasteiger partial charge < -0.3 is 14.6 Å². The van der Waals surface area contributed by atoms with Gasteiger partial charge in [-0.25, -0.2) is 4.79 Å². The van der Waals surface area contributed by atoms with E-state index in [-0.39, 0.29) is 36.7 Å². The van der Waals surface area contributed by atoms with Crippen LogP contribution in [0.2, 0.25) is 0 Å². The molecule has 0 fully saturated rings. The number of aliphatic hydroxyl groups is 1. The maximum Gasteiger partial charge on any atom is 0.385 e. The van der Waals surface area contributed by atoms with Crippen molar-refractivity contribution in [2.75, 3.05) is 13.2 Å². The Balaban J connectivity index is -0.0000000587. The third-order valence-electron chi connectivity index (χ3n) is 4.25. The molecule has 0 aliphatic heterocycles. The van der Waals surface area contributed by atoms with E-state index in [1.54, 1.807) is 0 Å². The summed E-state index contributed by atoms with van der Waals surface area (Å²) in [5, 5.41) is 9.19. The third-order valence-corrected chi connectivity index (χ3v) is 4.25. The number of aliphatic hydroxyl groups excluding tert-OH is 1. The summed E-state index contributed by atoms with van der Waals surface area (Å²) < 4.78 is 10.0. The molecule has 0 rings (SSSR count). The van der Waals surface area contributed by atoms with E-state index >= 15 is 0 Å². The zero-order valence-electron chi connectivity index (χ0n) is 22.6. The van der Waals surface area contributed by atoms with Crippen molar-refractivity contribution in [2.45, 2.75) is 84.2 Å². The van der Waals surface area contributed by atoms with Crippen LogP contribution in [0.4, 0.5) is 0 Å². The average molecular weight is 573 g/mol. The maximum atomic E-state index is 11.9. The Kier molecular flexibility index (Phi) is 28.5. The molecule has 0 aliphatic carbocycles. The zero-order valence-corrected chi connectivity index (χ0v) is 23.5. The molecule has 1 N–H and O–H groups in total. The number of rotatable bonds is 14. The van der Waals surface area contributed by atoms with Gasteiger partial charge in [0.1, 0.15) is 6.61 Å². The first-order chi connectivity index (χ1) is 18.9. The zero-order chi connectivity index (χ0) is 29.4. The van der Waals surface area contributed by atoms with Crippen molar-refractivity contribution in [3.63, 3.8) is 0 Å². The summed E-state index contributed by atoms with van der Waals surface area (Å²) in [7, 11) is 0. The quantitative estimate of drug-likeness (QED) is 0.0794. The highest BCUT2D eigenvalue weighted by molar-refractivity contribution is 7.96. The molecule has 1 atom stereocenters. The van der Waals surface area contributed by atoms with Crippen LogP contribution in [-0.4, -0.2) is 41.5 Å². The van der Waals surface area contributed by atoms with Crippen molar-refractivity contribution in [3.05, 3.63) is 0 Å². The Morgan fingerprint density at radius 3 is 1.69 bits per heavy atom. The minimum atomic E-state index is -0.928. The number of unbranched alkanes of at least 4 members (excludes halogenated alkanes) is 8. The molecule has 0 amide bonds. The number of hydrogen-bond acceptors (Lipinski definition) is 6. The highest BCUT2D eigenvalue weighted by atomic mass is 32.1. The summed E-state index contributed by atoms with van der Waals surface area (Å²) in [5.41, 5.74) is 0. The van der Waals surface area contributed by atoms with Gasteiger partial charge in [0.05, 0.1) is 6.61 Å². The van der Waals surface area contributed by atoms with Crippen LogP contribution in [0.1, 0.15) is 96.6 Å². The summed E-state index contributed by atoms with van der Waals surface area (Å²) in [6, 6.07) is 0. The van der Waals surface area contributed by atoms with Crippen molar-refractivity contribution in [1.29, 1.82) is 0 Å². The Labute approximate surface area is 258 Å². The topological polar surface area (TPSA) is 89.9 Å². The van der Waals surface area contributed by atoms with Crippen molar-refractivity contribution < 1.29 is 47.5 Å². The van der Waals surface area contributed by atoms with E-state index in [9.17, 15) is 19.5 Å². The Bertz CT molecular complexity index is 1210. The van der Waals surface area contributed by atoms with E-state index in [4.69, 9.17) is 15.9 Å². The molecule has 0 spiro atoms. The van der Waals surface area contributed by atoms with Gasteiger partial charge in [-0.15, -0.1) is 19.1 Å². The van der Waals surface area contributed by atoms with E-state index < -0.39 is 24.6 Å². The molecule has 0 saturated carbocycles. The van der Waals surface area contributed by atoms with Gasteiger partial charge in [0.25, 0.3) is 0 Å². The minimum Gasteiger partial charge on any atom is -0.456 e. The third kappa shape index (κ3) is 33.8. The molecule has 0 aromatic heterocycles. The van der Waals surface area contributed by atoms with Crippen LogP contribution in [0, 0.1) is 83.4 Å². The second kappa shape index (κ2) is 30.1. The Hall–Kier alpha value is -4.16. The number of thiol groups is 1. The molecule has 0 aliphatic rings. The Morgan fingerprint density at radius 2 is 1.23 bits per heavy atom. The second-order valence-corrected chi connectivity index (χ2v) is 8.26. The lowest BCUT2D eigenvalue weighted by Gasteiger charge is -2.14. The lowest BCUT2D eigenvalue weighted by atomic mass is 10.1. The molecule has 0 bridgehead atoms. The minimum absolute atomic E-state index is 0. The number of esters is 2.